The number of nitrogens with two attached hydrogens (primary N) is 1. The summed E-state index contributed by atoms with van der Waals surface area (Å²) in [5.74, 6) is -0.0899. The Morgan fingerprint density at radius 3 is 2.75 bits per heavy atom. The van der Waals surface area contributed by atoms with Crippen LogP contribution in [0.25, 0.3) is 0 Å². The Bertz CT molecular complexity index is 809. The highest BCUT2D eigenvalue weighted by Gasteiger charge is 2.39. The second-order valence-electron chi connectivity index (χ2n) is 8.39. The van der Waals surface area contributed by atoms with E-state index in [0.717, 1.165) is 25.1 Å². The Balaban J connectivity index is 1.49. The Labute approximate surface area is 165 Å². The summed E-state index contributed by atoms with van der Waals surface area (Å²) in [6.45, 7) is 5.23. The van der Waals surface area contributed by atoms with Gasteiger partial charge in [-0.25, -0.2) is 0 Å². The van der Waals surface area contributed by atoms with Gasteiger partial charge in [0.25, 0.3) is 5.91 Å². The highest BCUT2D eigenvalue weighted by Crippen LogP contribution is 2.29. The van der Waals surface area contributed by atoms with Gasteiger partial charge in [0.05, 0.1) is 0 Å². The van der Waals surface area contributed by atoms with Crippen LogP contribution < -0.4 is 11.1 Å². The van der Waals surface area contributed by atoms with Gasteiger partial charge in [-0.1, -0.05) is 19.1 Å². The molecule has 0 spiro atoms. The minimum Gasteiger partial charge on any atom is -0.329 e. The zero-order valence-electron chi connectivity index (χ0n) is 16.3. The maximum Gasteiger partial charge on any atom is 0.255 e. The summed E-state index contributed by atoms with van der Waals surface area (Å²) in [5.41, 5.74) is 8.76. The van der Waals surface area contributed by atoms with Gasteiger partial charge in [0.2, 0.25) is 11.8 Å². The molecule has 3 heterocycles. The SMILES string of the molecule is CC1CCC(CN)N(Cc2ccc3c(c2)CN(C2CCC(=O)NC2=O)C3=O)C1. The molecular weight excluding hydrogens is 356 g/mol. The van der Waals surface area contributed by atoms with Crippen molar-refractivity contribution in [2.24, 2.45) is 11.7 Å². The number of fused-ring (bicyclic) bond motifs is 1. The van der Waals surface area contributed by atoms with Crippen LogP contribution in [-0.2, 0) is 22.7 Å². The third-order valence-corrected chi connectivity index (χ3v) is 6.30. The van der Waals surface area contributed by atoms with E-state index >= 15 is 0 Å². The largest absolute Gasteiger partial charge is 0.329 e. The van der Waals surface area contributed by atoms with Crippen LogP contribution in [0.15, 0.2) is 18.2 Å². The number of rotatable bonds is 4. The fourth-order valence-corrected chi connectivity index (χ4v) is 4.72. The standard InChI is InChI=1S/C21H28N4O3/c1-13-2-4-16(9-22)24(10-13)11-14-3-5-17-15(8-14)12-25(21(17)28)18-6-7-19(26)23-20(18)27/h3,5,8,13,16,18H,2,4,6-7,9-12,22H2,1H3,(H,23,26,27). The number of piperidine rings is 2. The average molecular weight is 384 g/mol. The van der Waals surface area contributed by atoms with Crippen molar-refractivity contribution in [1.29, 1.82) is 0 Å². The van der Waals surface area contributed by atoms with Crippen LogP contribution in [0, 0.1) is 5.92 Å². The molecule has 3 atom stereocenters. The molecule has 3 amide bonds. The maximum absolute atomic E-state index is 12.8. The summed E-state index contributed by atoms with van der Waals surface area (Å²) < 4.78 is 0. The fourth-order valence-electron chi connectivity index (χ4n) is 4.72. The molecular formula is C21H28N4O3. The maximum atomic E-state index is 12.8. The highest BCUT2D eigenvalue weighted by molar-refractivity contribution is 6.05. The van der Waals surface area contributed by atoms with E-state index < -0.39 is 6.04 Å². The number of nitrogens with one attached hydrogen (secondary N) is 1. The van der Waals surface area contributed by atoms with E-state index in [1.54, 1.807) is 4.90 Å². The monoisotopic (exact) mass is 384 g/mol. The van der Waals surface area contributed by atoms with E-state index in [0.29, 0.717) is 37.0 Å². The van der Waals surface area contributed by atoms with E-state index in [-0.39, 0.29) is 24.1 Å². The molecule has 4 rings (SSSR count). The molecule has 1 aromatic rings. The predicted octanol–water partition coefficient (Wildman–Crippen LogP) is 1.01. The topological polar surface area (TPSA) is 95.7 Å². The van der Waals surface area contributed by atoms with Crippen LogP contribution in [0.4, 0.5) is 0 Å². The molecule has 0 aliphatic carbocycles. The number of carbonyl (C=O) groups is 3. The van der Waals surface area contributed by atoms with E-state index in [2.05, 4.69) is 23.2 Å². The second-order valence-corrected chi connectivity index (χ2v) is 8.39. The van der Waals surface area contributed by atoms with Crippen molar-refractivity contribution in [3.8, 4) is 0 Å². The minimum atomic E-state index is -0.564. The van der Waals surface area contributed by atoms with Crippen molar-refractivity contribution < 1.29 is 14.4 Å². The van der Waals surface area contributed by atoms with Gasteiger partial charge in [0.15, 0.2) is 0 Å². The minimum absolute atomic E-state index is 0.123. The van der Waals surface area contributed by atoms with Crippen molar-refractivity contribution in [3.05, 3.63) is 34.9 Å². The molecule has 150 valence electrons. The van der Waals surface area contributed by atoms with Crippen molar-refractivity contribution in [2.45, 2.75) is 57.8 Å². The summed E-state index contributed by atoms with van der Waals surface area (Å²) in [5, 5.41) is 2.34. The lowest BCUT2D eigenvalue weighted by atomic mass is 9.93. The van der Waals surface area contributed by atoms with Crippen molar-refractivity contribution >= 4 is 17.7 Å². The Kier molecular flexibility index (Phi) is 5.21. The molecule has 3 aliphatic rings. The summed E-state index contributed by atoms with van der Waals surface area (Å²) in [7, 11) is 0. The Hall–Kier alpha value is -2.25. The number of hydrogen-bond acceptors (Lipinski definition) is 5. The Morgan fingerprint density at radius 1 is 1.18 bits per heavy atom. The summed E-state index contributed by atoms with van der Waals surface area (Å²) in [6, 6.07) is 5.82. The first-order valence-corrected chi connectivity index (χ1v) is 10.2. The first-order chi connectivity index (χ1) is 13.5. The number of likely N-dealkylation sites (tertiary alicyclic amines) is 1. The van der Waals surface area contributed by atoms with E-state index in [9.17, 15) is 14.4 Å². The van der Waals surface area contributed by atoms with Crippen LogP contribution in [0.1, 0.15) is 54.1 Å². The molecule has 7 heteroatoms. The number of hydrogen-bond donors (Lipinski definition) is 2. The number of benzene rings is 1. The normalized spacial score (nSPS) is 28.4. The van der Waals surface area contributed by atoms with Crippen molar-refractivity contribution in [1.82, 2.24) is 15.1 Å². The summed E-state index contributed by atoms with van der Waals surface area (Å²) >= 11 is 0. The molecule has 0 radical (unpaired) electrons. The third-order valence-electron chi connectivity index (χ3n) is 6.30. The smallest absolute Gasteiger partial charge is 0.255 e. The van der Waals surface area contributed by atoms with Gasteiger partial charge in [-0.2, -0.15) is 0 Å². The quantitative estimate of drug-likeness (QED) is 0.756. The zero-order chi connectivity index (χ0) is 19.8. The number of carbonyl (C=O) groups excluding carboxylic acids is 3. The van der Waals surface area contributed by atoms with Gasteiger partial charge in [-0.05, 0) is 42.4 Å². The van der Waals surface area contributed by atoms with Gasteiger partial charge >= 0.3 is 0 Å². The lowest BCUT2D eigenvalue weighted by Crippen LogP contribution is -2.52. The molecule has 3 unspecified atom stereocenters. The van der Waals surface area contributed by atoms with E-state index in [1.165, 1.54) is 12.0 Å². The summed E-state index contributed by atoms with van der Waals surface area (Å²) in [4.78, 5) is 40.4. The zero-order valence-corrected chi connectivity index (χ0v) is 16.3. The molecule has 28 heavy (non-hydrogen) atoms. The van der Waals surface area contributed by atoms with E-state index in [1.807, 2.05) is 12.1 Å². The van der Waals surface area contributed by atoms with Gasteiger partial charge < -0.3 is 10.6 Å². The molecule has 0 saturated carbocycles. The first kappa shape index (κ1) is 19.1. The Morgan fingerprint density at radius 2 is 2.00 bits per heavy atom. The van der Waals surface area contributed by atoms with Crippen molar-refractivity contribution in [2.75, 3.05) is 13.1 Å². The van der Waals surface area contributed by atoms with E-state index in [4.69, 9.17) is 5.73 Å². The van der Waals surface area contributed by atoms with Crippen LogP contribution in [0.3, 0.4) is 0 Å². The highest BCUT2D eigenvalue weighted by atomic mass is 16.2. The van der Waals surface area contributed by atoms with Gasteiger partial charge in [0.1, 0.15) is 6.04 Å². The third kappa shape index (κ3) is 3.56. The molecule has 0 aromatic heterocycles. The van der Waals surface area contributed by atoms with Gasteiger partial charge in [-0.3, -0.25) is 24.6 Å². The molecule has 3 N–H and O–H groups in total. The first-order valence-electron chi connectivity index (χ1n) is 10.2. The molecule has 0 bridgehead atoms. The molecule has 3 aliphatic heterocycles. The van der Waals surface area contributed by atoms with Crippen LogP contribution >= 0.6 is 0 Å². The fraction of sp³-hybridized carbons (Fsp3) is 0.571. The van der Waals surface area contributed by atoms with Crippen LogP contribution in [0.2, 0.25) is 0 Å². The average Bonchev–Trinajstić information content (AvgIpc) is 2.98. The van der Waals surface area contributed by atoms with Gasteiger partial charge in [-0.15, -0.1) is 0 Å². The molecule has 2 saturated heterocycles. The van der Waals surface area contributed by atoms with Crippen LogP contribution in [0.5, 0.6) is 0 Å². The number of amides is 3. The van der Waals surface area contributed by atoms with Gasteiger partial charge in [0, 0.05) is 44.2 Å². The lowest BCUT2D eigenvalue weighted by Gasteiger charge is -2.38. The second kappa shape index (κ2) is 7.64. The predicted molar refractivity (Wildman–Crippen MR) is 104 cm³/mol. The van der Waals surface area contributed by atoms with Crippen molar-refractivity contribution in [3.63, 3.8) is 0 Å². The van der Waals surface area contributed by atoms with Crippen LogP contribution in [-0.4, -0.2) is 52.7 Å². The molecule has 2 fully saturated rings. The lowest BCUT2D eigenvalue weighted by molar-refractivity contribution is -0.136. The summed E-state index contributed by atoms with van der Waals surface area (Å²) in [6.07, 6.45) is 3.01. The number of imide groups is 1. The number of nitrogens with zero attached hydrogens (tertiary/aromatic N) is 2. The molecule has 7 nitrogen and oxygen atoms in total. The molecule has 1 aromatic carbocycles.